The minimum absolute atomic E-state index is 0.0747. The minimum atomic E-state index is -0.0747. The molecule has 0 aliphatic carbocycles. The van der Waals surface area contributed by atoms with Crippen LogP contribution in [0.25, 0.3) is 11.3 Å². The predicted octanol–water partition coefficient (Wildman–Crippen LogP) is 1.07. The first kappa shape index (κ1) is 11.2. The second kappa shape index (κ2) is 5.14. The van der Waals surface area contributed by atoms with Gasteiger partial charge in [-0.15, -0.1) is 0 Å². The monoisotopic (exact) mass is 242 g/mol. The number of benzene rings is 1. The van der Waals surface area contributed by atoms with Gasteiger partial charge in [0.15, 0.2) is 6.23 Å². The molecule has 92 valence electrons. The average molecular weight is 242 g/mol. The standard InChI is InChI=1S/C13H14N4O/c1-2-4-10(5-3-1)12-7-6-11(8-14-12)18-13-9-15-17-16-13/h1-8,13,15-17H,9H2. The summed E-state index contributed by atoms with van der Waals surface area (Å²) in [5.41, 5.74) is 10.7. The number of hydrogen-bond acceptors (Lipinski definition) is 5. The zero-order valence-electron chi connectivity index (χ0n) is 9.76. The van der Waals surface area contributed by atoms with Crippen LogP contribution in [0.3, 0.4) is 0 Å². The van der Waals surface area contributed by atoms with Crippen LogP contribution in [-0.4, -0.2) is 17.8 Å². The van der Waals surface area contributed by atoms with E-state index in [-0.39, 0.29) is 6.23 Å². The second-order valence-electron chi connectivity index (χ2n) is 4.00. The lowest BCUT2D eigenvalue weighted by atomic mass is 10.1. The van der Waals surface area contributed by atoms with Crippen molar-refractivity contribution in [3.63, 3.8) is 0 Å². The largest absolute Gasteiger partial charge is 0.471 e. The van der Waals surface area contributed by atoms with Crippen molar-refractivity contribution in [3.05, 3.63) is 48.7 Å². The molecule has 1 atom stereocenters. The summed E-state index contributed by atoms with van der Waals surface area (Å²) >= 11 is 0. The van der Waals surface area contributed by atoms with Crippen molar-refractivity contribution in [2.45, 2.75) is 6.23 Å². The Morgan fingerprint density at radius 1 is 1.11 bits per heavy atom. The Labute approximate surface area is 105 Å². The summed E-state index contributed by atoms with van der Waals surface area (Å²) in [6.45, 7) is 0.709. The zero-order chi connectivity index (χ0) is 12.2. The van der Waals surface area contributed by atoms with Gasteiger partial charge in [0, 0.05) is 5.56 Å². The Morgan fingerprint density at radius 2 is 2.00 bits per heavy atom. The molecule has 18 heavy (non-hydrogen) atoms. The van der Waals surface area contributed by atoms with Crippen LogP contribution in [0, 0.1) is 0 Å². The Kier molecular flexibility index (Phi) is 3.18. The van der Waals surface area contributed by atoms with Crippen molar-refractivity contribution in [2.24, 2.45) is 0 Å². The molecule has 3 N–H and O–H groups in total. The topological polar surface area (TPSA) is 58.2 Å². The van der Waals surface area contributed by atoms with E-state index in [9.17, 15) is 0 Å². The lowest BCUT2D eigenvalue weighted by Gasteiger charge is -2.11. The summed E-state index contributed by atoms with van der Waals surface area (Å²) in [6, 6.07) is 14.0. The first-order chi connectivity index (χ1) is 8.92. The van der Waals surface area contributed by atoms with Gasteiger partial charge < -0.3 is 4.74 Å². The third-order valence-electron chi connectivity index (χ3n) is 2.69. The van der Waals surface area contributed by atoms with Crippen LogP contribution in [0.1, 0.15) is 0 Å². The van der Waals surface area contributed by atoms with Gasteiger partial charge in [-0.1, -0.05) is 30.3 Å². The summed E-state index contributed by atoms with van der Waals surface area (Å²) in [6.07, 6.45) is 1.66. The highest BCUT2D eigenvalue weighted by atomic mass is 16.5. The highest BCUT2D eigenvalue weighted by Crippen LogP contribution is 2.19. The Morgan fingerprint density at radius 3 is 2.67 bits per heavy atom. The molecule has 1 unspecified atom stereocenters. The molecule has 0 amide bonds. The first-order valence-electron chi connectivity index (χ1n) is 5.83. The van der Waals surface area contributed by atoms with E-state index in [0.717, 1.165) is 17.0 Å². The SMILES string of the molecule is c1ccc(-c2ccc(OC3CNNN3)cn2)cc1. The molecular weight excluding hydrogens is 228 g/mol. The molecule has 1 fully saturated rings. The van der Waals surface area contributed by atoms with Crippen LogP contribution in [0.4, 0.5) is 0 Å². The number of rotatable bonds is 3. The Hall–Kier alpha value is -1.95. The number of aromatic nitrogens is 1. The Bertz CT molecular complexity index is 494. The maximum Gasteiger partial charge on any atom is 0.177 e. The molecule has 0 saturated carbocycles. The van der Waals surface area contributed by atoms with Crippen molar-refractivity contribution in [1.29, 1.82) is 0 Å². The molecule has 5 nitrogen and oxygen atoms in total. The van der Waals surface area contributed by atoms with Crippen molar-refractivity contribution < 1.29 is 4.74 Å². The van der Waals surface area contributed by atoms with Gasteiger partial charge in [-0.3, -0.25) is 4.98 Å². The third-order valence-corrected chi connectivity index (χ3v) is 2.69. The predicted molar refractivity (Wildman–Crippen MR) is 68.4 cm³/mol. The lowest BCUT2D eigenvalue weighted by molar-refractivity contribution is 0.191. The number of nitrogens with one attached hydrogen (secondary N) is 3. The van der Waals surface area contributed by atoms with Crippen LogP contribution in [0.2, 0.25) is 0 Å². The molecule has 3 rings (SSSR count). The van der Waals surface area contributed by atoms with Gasteiger partial charge in [-0.05, 0) is 12.1 Å². The highest BCUT2D eigenvalue weighted by Gasteiger charge is 2.14. The molecule has 0 bridgehead atoms. The van der Waals surface area contributed by atoms with Crippen LogP contribution in [-0.2, 0) is 0 Å². The molecule has 1 aliphatic rings. The maximum absolute atomic E-state index is 5.67. The van der Waals surface area contributed by atoms with Crippen molar-refractivity contribution in [1.82, 2.24) is 21.4 Å². The number of pyridine rings is 1. The van der Waals surface area contributed by atoms with Gasteiger partial charge in [0.25, 0.3) is 0 Å². The molecule has 0 radical (unpaired) electrons. The molecule has 1 aromatic heterocycles. The number of nitrogens with zero attached hydrogens (tertiary/aromatic N) is 1. The molecule has 2 heterocycles. The fourth-order valence-electron chi connectivity index (χ4n) is 1.79. The van der Waals surface area contributed by atoms with E-state index in [4.69, 9.17) is 4.74 Å². The van der Waals surface area contributed by atoms with Crippen LogP contribution >= 0.6 is 0 Å². The number of ether oxygens (including phenoxy) is 1. The van der Waals surface area contributed by atoms with Gasteiger partial charge in [0.05, 0.1) is 18.4 Å². The normalized spacial score (nSPS) is 18.8. The summed E-state index contributed by atoms with van der Waals surface area (Å²) in [5.74, 6) is 0.748. The molecular formula is C13H14N4O. The summed E-state index contributed by atoms with van der Waals surface area (Å²) in [5, 5.41) is 0. The summed E-state index contributed by atoms with van der Waals surface area (Å²) in [4.78, 5) is 4.40. The summed E-state index contributed by atoms with van der Waals surface area (Å²) < 4.78 is 5.67. The minimum Gasteiger partial charge on any atom is -0.471 e. The van der Waals surface area contributed by atoms with Gasteiger partial charge in [-0.25, -0.2) is 10.9 Å². The highest BCUT2D eigenvalue weighted by molar-refractivity contribution is 5.58. The molecule has 2 aromatic rings. The van der Waals surface area contributed by atoms with Gasteiger partial charge >= 0.3 is 0 Å². The van der Waals surface area contributed by atoms with E-state index in [1.165, 1.54) is 0 Å². The van der Waals surface area contributed by atoms with E-state index in [0.29, 0.717) is 6.54 Å². The van der Waals surface area contributed by atoms with E-state index in [1.807, 2.05) is 42.5 Å². The fraction of sp³-hybridized carbons (Fsp3) is 0.154. The van der Waals surface area contributed by atoms with Gasteiger partial charge in [-0.2, -0.15) is 5.53 Å². The third kappa shape index (κ3) is 2.48. The van der Waals surface area contributed by atoms with E-state index in [1.54, 1.807) is 6.20 Å². The van der Waals surface area contributed by atoms with Crippen molar-refractivity contribution in [3.8, 4) is 17.0 Å². The van der Waals surface area contributed by atoms with Crippen LogP contribution in [0.5, 0.6) is 5.75 Å². The molecule has 1 aliphatic heterocycles. The van der Waals surface area contributed by atoms with Crippen molar-refractivity contribution in [2.75, 3.05) is 6.54 Å². The van der Waals surface area contributed by atoms with E-state index < -0.39 is 0 Å². The first-order valence-corrected chi connectivity index (χ1v) is 5.83. The number of hydrazine groups is 2. The molecule has 1 aromatic carbocycles. The van der Waals surface area contributed by atoms with Crippen LogP contribution < -0.4 is 21.1 Å². The number of hydrogen-bond donors (Lipinski definition) is 3. The van der Waals surface area contributed by atoms with Gasteiger partial charge in [0.1, 0.15) is 5.75 Å². The quantitative estimate of drug-likeness (QED) is 0.751. The van der Waals surface area contributed by atoms with Crippen molar-refractivity contribution >= 4 is 0 Å². The fourth-order valence-corrected chi connectivity index (χ4v) is 1.79. The van der Waals surface area contributed by atoms with E-state index in [2.05, 4.69) is 21.4 Å². The van der Waals surface area contributed by atoms with Gasteiger partial charge in [0.2, 0.25) is 0 Å². The molecule has 1 saturated heterocycles. The zero-order valence-corrected chi connectivity index (χ0v) is 9.76. The second-order valence-corrected chi connectivity index (χ2v) is 4.00. The lowest BCUT2D eigenvalue weighted by Crippen LogP contribution is -2.36. The Balaban J connectivity index is 1.72. The van der Waals surface area contributed by atoms with Crippen LogP contribution in [0.15, 0.2) is 48.7 Å². The summed E-state index contributed by atoms with van der Waals surface area (Å²) in [7, 11) is 0. The average Bonchev–Trinajstić information content (AvgIpc) is 2.94. The van der Waals surface area contributed by atoms with E-state index >= 15 is 0 Å². The maximum atomic E-state index is 5.67. The molecule has 5 heteroatoms. The smallest absolute Gasteiger partial charge is 0.177 e. The molecule has 0 spiro atoms.